The molecule has 3 rings (SSSR count). The Kier molecular flexibility index (Phi) is 7.84. The summed E-state index contributed by atoms with van der Waals surface area (Å²) in [5.74, 6) is 0.435. The molecule has 0 bridgehead atoms. The van der Waals surface area contributed by atoms with Crippen molar-refractivity contribution in [1.82, 2.24) is 20.5 Å². The molecule has 0 radical (unpaired) electrons. The second-order valence-corrected chi connectivity index (χ2v) is 9.25. The van der Waals surface area contributed by atoms with E-state index in [1.54, 1.807) is 6.08 Å². The summed E-state index contributed by atoms with van der Waals surface area (Å²) in [6.45, 7) is 1.45. The van der Waals surface area contributed by atoms with Gasteiger partial charge in [-0.25, -0.2) is 4.98 Å². The van der Waals surface area contributed by atoms with Gasteiger partial charge >= 0.3 is 0 Å². The SMILES string of the molecule is CC(=O)NC(I)/C=C(\C=C/N)c1sc(-c2ncn[nH]2)c(Cc2ccc(Cl)cc2)c1C#N. The summed E-state index contributed by atoms with van der Waals surface area (Å²) < 4.78 is -0.275. The molecule has 0 aliphatic heterocycles. The van der Waals surface area contributed by atoms with Crippen molar-refractivity contribution in [2.75, 3.05) is 0 Å². The van der Waals surface area contributed by atoms with Crippen LogP contribution in [0, 0.1) is 11.3 Å². The topological polar surface area (TPSA) is 120 Å². The number of aromatic amines is 1. The minimum atomic E-state index is -0.275. The monoisotopic (exact) mass is 564 g/mol. The zero-order chi connectivity index (χ0) is 22.4. The van der Waals surface area contributed by atoms with Crippen molar-refractivity contribution < 1.29 is 4.79 Å². The van der Waals surface area contributed by atoms with Crippen molar-refractivity contribution in [3.05, 3.63) is 75.5 Å². The molecule has 0 aliphatic rings. The maximum atomic E-state index is 11.4. The fourth-order valence-corrected chi connectivity index (χ4v) is 5.15. The highest BCUT2D eigenvalue weighted by molar-refractivity contribution is 14.1. The molecule has 7 nitrogen and oxygen atoms in total. The van der Waals surface area contributed by atoms with E-state index in [4.69, 9.17) is 17.3 Å². The molecular weight excluding hydrogens is 547 g/mol. The Bertz CT molecular complexity index is 1160. The molecule has 4 N–H and O–H groups in total. The van der Waals surface area contributed by atoms with Gasteiger partial charge in [0.15, 0.2) is 5.82 Å². The number of nitrogens with one attached hydrogen (secondary N) is 2. The first-order valence-electron chi connectivity index (χ1n) is 9.10. The lowest BCUT2D eigenvalue weighted by molar-refractivity contribution is -0.118. The number of nitrogens with two attached hydrogens (primary N) is 1. The lowest BCUT2D eigenvalue weighted by atomic mass is 9.98. The number of aromatic nitrogens is 3. The molecule has 0 saturated heterocycles. The first-order valence-corrected chi connectivity index (χ1v) is 11.5. The number of halogens is 2. The molecule has 1 unspecified atom stereocenters. The van der Waals surface area contributed by atoms with Gasteiger partial charge in [-0.3, -0.25) is 9.89 Å². The molecule has 0 fully saturated rings. The number of amides is 1. The van der Waals surface area contributed by atoms with Crippen LogP contribution in [0.2, 0.25) is 5.02 Å². The average Bonchev–Trinajstić information content (AvgIpc) is 3.36. The van der Waals surface area contributed by atoms with Crippen LogP contribution in [-0.2, 0) is 11.2 Å². The second kappa shape index (κ2) is 10.6. The summed E-state index contributed by atoms with van der Waals surface area (Å²) >= 11 is 9.55. The van der Waals surface area contributed by atoms with Crippen LogP contribution in [-0.4, -0.2) is 25.1 Å². The highest BCUT2D eigenvalue weighted by Crippen LogP contribution is 2.40. The second-order valence-electron chi connectivity index (χ2n) is 6.45. The summed E-state index contributed by atoms with van der Waals surface area (Å²) in [4.78, 5) is 17.3. The summed E-state index contributed by atoms with van der Waals surface area (Å²) in [6, 6.07) is 9.85. The highest BCUT2D eigenvalue weighted by Gasteiger charge is 2.23. The van der Waals surface area contributed by atoms with Gasteiger partial charge in [0.25, 0.3) is 0 Å². The Morgan fingerprint density at radius 1 is 1.45 bits per heavy atom. The minimum Gasteiger partial charge on any atom is -0.405 e. The fourth-order valence-electron chi connectivity index (χ4n) is 2.97. The first-order chi connectivity index (χ1) is 14.9. The Morgan fingerprint density at radius 2 is 2.19 bits per heavy atom. The number of carbonyl (C=O) groups is 1. The van der Waals surface area contributed by atoms with E-state index in [-0.39, 0.29) is 9.96 Å². The van der Waals surface area contributed by atoms with Gasteiger partial charge < -0.3 is 11.1 Å². The zero-order valence-electron chi connectivity index (χ0n) is 16.4. The van der Waals surface area contributed by atoms with Gasteiger partial charge in [0, 0.05) is 18.4 Å². The van der Waals surface area contributed by atoms with Crippen LogP contribution in [0.25, 0.3) is 16.3 Å². The van der Waals surface area contributed by atoms with Gasteiger partial charge in [-0.05, 0) is 47.2 Å². The number of carbonyl (C=O) groups excluding carboxylic acids is 1. The van der Waals surface area contributed by atoms with Crippen LogP contribution < -0.4 is 11.1 Å². The van der Waals surface area contributed by atoms with Gasteiger partial charge in [-0.15, -0.1) is 11.3 Å². The van der Waals surface area contributed by atoms with Crippen molar-refractivity contribution in [3.8, 4) is 16.8 Å². The van der Waals surface area contributed by atoms with E-state index in [1.165, 1.54) is 30.8 Å². The summed E-state index contributed by atoms with van der Waals surface area (Å²) in [6.07, 6.45) is 6.94. The largest absolute Gasteiger partial charge is 0.405 e. The number of nitrogens with zero attached hydrogens (tertiary/aromatic N) is 3. The van der Waals surface area contributed by atoms with Gasteiger partial charge in [0.2, 0.25) is 5.91 Å². The predicted molar refractivity (Wildman–Crippen MR) is 132 cm³/mol. The molecule has 0 aliphatic carbocycles. The predicted octanol–water partition coefficient (Wildman–Crippen LogP) is 4.40. The third-order valence-corrected chi connectivity index (χ3v) is 6.46. The van der Waals surface area contributed by atoms with Crippen LogP contribution in [0.15, 0.2) is 48.9 Å². The number of rotatable bonds is 7. The van der Waals surface area contributed by atoms with Crippen LogP contribution >= 0.6 is 45.5 Å². The molecular formula is C21H18ClIN6OS. The van der Waals surface area contributed by atoms with Gasteiger partial charge in [-0.1, -0.05) is 46.3 Å². The number of alkyl halides is 1. The van der Waals surface area contributed by atoms with Gasteiger partial charge in [-0.2, -0.15) is 10.4 Å². The summed E-state index contributed by atoms with van der Waals surface area (Å²) in [5.41, 5.74) is 8.79. The Labute approximate surface area is 202 Å². The third kappa shape index (κ3) is 5.72. The first kappa shape index (κ1) is 23.0. The number of allylic oxidation sites excluding steroid dienone is 2. The number of H-pyrrole nitrogens is 1. The maximum absolute atomic E-state index is 11.4. The van der Waals surface area contributed by atoms with Crippen molar-refractivity contribution in [3.63, 3.8) is 0 Å². The molecule has 1 atom stereocenters. The van der Waals surface area contributed by atoms with E-state index in [0.29, 0.717) is 22.8 Å². The quantitative estimate of drug-likeness (QED) is 0.170. The van der Waals surface area contributed by atoms with E-state index in [9.17, 15) is 10.1 Å². The molecule has 3 aromatic rings. The number of benzene rings is 1. The van der Waals surface area contributed by atoms with Gasteiger partial charge in [0.05, 0.1) is 19.4 Å². The van der Waals surface area contributed by atoms with E-state index >= 15 is 0 Å². The van der Waals surface area contributed by atoms with Gasteiger partial charge in [0.1, 0.15) is 12.4 Å². The lowest BCUT2D eigenvalue weighted by Gasteiger charge is -2.08. The molecule has 0 saturated carbocycles. The Hall–Kier alpha value is -2.68. The standard InChI is InChI=1S/C21H18ClIN6OS/c1-12(30)28-18(23)9-14(6-7-24)19-17(10-25)16(8-13-2-4-15(22)5-3-13)20(31-19)21-26-11-27-29-21/h2-7,9,11,18H,8,24H2,1H3,(H,28,30)(H,26,27,29)/b7-6-,14-9+. The van der Waals surface area contributed by atoms with Crippen LogP contribution in [0.1, 0.15) is 28.5 Å². The maximum Gasteiger partial charge on any atom is 0.217 e. The van der Waals surface area contributed by atoms with Crippen LogP contribution in [0.4, 0.5) is 0 Å². The zero-order valence-corrected chi connectivity index (χ0v) is 20.1. The molecule has 2 aromatic heterocycles. The summed E-state index contributed by atoms with van der Waals surface area (Å²) in [5, 5.41) is 20.4. The van der Waals surface area contributed by atoms with Crippen molar-refractivity contribution in [1.29, 1.82) is 5.26 Å². The van der Waals surface area contributed by atoms with E-state index in [0.717, 1.165) is 26.5 Å². The third-order valence-electron chi connectivity index (χ3n) is 4.25. The van der Waals surface area contributed by atoms with E-state index in [2.05, 4.69) is 49.2 Å². The molecule has 10 heteroatoms. The van der Waals surface area contributed by atoms with E-state index < -0.39 is 0 Å². The lowest BCUT2D eigenvalue weighted by Crippen LogP contribution is -2.26. The minimum absolute atomic E-state index is 0.149. The molecule has 2 heterocycles. The molecule has 1 amide bonds. The fraction of sp³-hybridized carbons (Fsp3) is 0.143. The van der Waals surface area contributed by atoms with Crippen LogP contribution in [0.5, 0.6) is 0 Å². The van der Waals surface area contributed by atoms with Crippen molar-refractivity contribution in [2.45, 2.75) is 17.4 Å². The molecule has 31 heavy (non-hydrogen) atoms. The summed E-state index contributed by atoms with van der Waals surface area (Å²) in [7, 11) is 0. The Morgan fingerprint density at radius 3 is 2.77 bits per heavy atom. The van der Waals surface area contributed by atoms with Crippen LogP contribution in [0.3, 0.4) is 0 Å². The molecule has 0 spiro atoms. The normalized spacial score (nSPS) is 12.6. The number of thiophene rings is 1. The molecule has 158 valence electrons. The Balaban J connectivity index is 2.16. The van der Waals surface area contributed by atoms with Crippen molar-refractivity contribution in [2.24, 2.45) is 5.73 Å². The smallest absolute Gasteiger partial charge is 0.217 e. The molecule has 1 aromatic carbocycles. The number of hydrogen-bond donors (Lipinski definition) is 3. The number of nitriles is 1. The van der Waals surface area contributed by atoms with Crippen molar-refractivity contribution >= 4 is 57.0 Å². The number of hydrogen-bond acceptors (Lipinski definition) is 6. The average molecular weight is 565 g/mol. The van der Waals surface area contributed by atoms with E-state index in [1.807, 2.05) is 30.3 Å². The highest BCUT2D eigenvalue weighted by atomic mass is 127.